The molecule has 0 bridgehead atoms. The van der Waals surface area contributed by atoms with Crippen LogP contribution in [0.3, 0.4) is 0 Å². The molecule has 0 radical (unpaired) electrons. The third-order valence-corrected chi connectivity index (χ3v) is 5.19. The predicted molar refractivity (Wildman–Crippen MR) is 68.3 cm³/mol. The SMILES string of the molecule is CCOC(=O)C(C(=O)O)C1CCCC(S(C)(=O)=O)C1. The quantitative estimate of drug-likeness (QED) is 0.596. The lowest BCUT2D eigenvalue weighted by atomic mass is 9.79. The first-order chi connectivity index (χ1) is 8.77. The van der Waals surface area contributed by atoms with E-state index in [1.54, 1.807) is 6.92 Å². The lowest BCUT2D eigenvalue weighted by Gasteiger charge is -2.30. The number of aliphatic carboxylic acids is 1. The van der Waals surface area contributed by atoms with Gasteiger partial charge in [-0.3, -0.25) is 9.59 Å². The smallest absolute Gasteiger partial charge is 0.320 e. The molecule has 3 atom stereocenters. The lowest BCUT2D eigenvalue weighted by molar-refractivity contribution is -0.161. The molecular weight excluding hydrogens is 272 g/mol. The minimum absolute atomic E-state index is 0.116. The van der Waals surface area contributed by atoms with Gasteiger partial charge in [0.05, 0.1) is 11.9 Å². The highest BCUT2D eigenvalue weighted by molar-refractivity contribution is 7.91. The first kappa shape index (κ1) is 15.9. The first-order valence-electron chi connectivity index (χ1n) is 6.35. The summed E-state index contributed by atoms with van der Waals surface area (Å²) in [5.74, 6) is -3.73. The predicted octanol–water partition coefficient (Wildman–Crippen LogP) is 0.854. The van der Waals surface area contributed by atoms with Crippen LogP contribution in [-0.4, -0.2) is 43.6 Å². The molecule has 19 heavy (non-hydrogen) atoms. The van der Waals surface area contributed by atoms with Crippen molar-refractivity contribution in [2.45, 2.75) is 37.9 Å². The monoisotopic (exact) mass is 292 g/mol. The van der Waals surface area contributed by atoms with Crippen molar-refractivity contribution in [2.24, 2.45) is 11.8 Å². The molecule has 0 amide bonds. The van der Waals surface area contributed by atoms with Gasteiger partial charge in [-0.25, -0.2) is 8.42 Å². The van der Waals surface area contributed by atoms with Gasteiger partial charge in [-0.15, -0.1) is 0 Å². The molecular formula is C12H20O6S. The average Bonchev–Trinajstić information content (AvgIpc) is 2.28. The molecule has 1 aliphatic rings. The Morgan fingerprint density at radius 3 is 2.47 bits per heavy atom. The maximum absolute atomic E-state index is 11.7. The summed E-state index contributed by atoms with van der Waals surface area (Å²) in [6.45, 7) is 1.72. The van der Waals surface area contributed by atoms with Gasteiger partial charge in [0.2, 0.25) is 0 Å². The Morgan fingerprint density at radius 1 is 1.37 bits per heavy atom. The summed E-state index contributed by atoms with van der Waals surface area (Å²) in [4.78, 5) is 22.9. The second-order valence-electron chi connectivity index (χ2n) is 4.95. The van der Waals surface area contributed by atoms with Crippen molar-refractivity contribution in [1.82, 2.24) is 0 Å². The largest absolute Gasteiger partial charge is 0.481 e. The van der Waals surface area contributed by atoms with E-state index in [-0.39, 0.29) is 13.0 Å². The highest BCUT2D eigenvalue weighted by Gasteiger charge is 2.40. The van der Waals surface area contributed by atoms with Crippen LogP contribution in [0.1, 0.15) is 32.6 Å². The van der Waals surface area contributed by atoms with Crippen molar-refractivity contribution < 1.29 is 27.9 Å². The summed E-state index contributed by atoms with van der Waals surface area (Å²) >= 11 is 0. The molecule has 0 spiro atoms. The normalized spacial score (nSPS) is 25.6. The van der Waals surface area contributed by atoms with Crippen molar-refractivity contribution >= 4 is 21.8 Å². The second-order valence-corrected chi connectivity index (χ2v) is 7.27. The van der Waals surface area contributed by atoms with Crippen LogP contribution in [0.25, 0.3) is 0 Å². The Balaban J connectivity index is 2.85. The minimum Gasteiger partial charge on any atom is -0.481 e. The van der Waals surface area contributed by atoms with E-state index < -0.39 is 38.9 Å². The maximum atomic E-state index is 11.7. The maximum Gasteiger partial charge on any atom is 0.320 e. The van der Waals surface area contributed by atoms with Gasteiger partial charge in [0, 0.05) is 6.26 Å². The van der Waals surface area contributed by atoms with Crippen molar-refractivity contribution in [3.8, 4) is 0 Å². The van der Waals surface area contributed by atoms with Crippen LogP contribution >= 0.6 is 0 Å². The van der Waals surface area contributed by atoms with E-state index in [1.807, 2.05) is 0 Å². The van der Waals surface area contributed by atoms with Crippen LogP contribution in [0.4, 0.5) is 0 Å². The van der Waals surface area contributed by atoms with Crippen molar-refractivity contribution in [2.75, 3.05) is 12.9 Å². The second kappa shape index (κ2) is 6.36. The number of carbonyl (C=O) groups excluding carboxylic acids is 1. The summed E-state index contributed by atoms with van der Waals surface area (Å²) < 4.78 is 27.9. The van der Waals surface area contributed by atoms with Crippen LogP contribution in [0, 0.1) is 11.8 Å². The van der Waals surface area contributed by atoms with Crippen molar-refractivity contribution in [3.05, 3.63) is 0 Å². The zero-order valence-corrected chi connectivity index (χ0v) is 12.0. The standard InChI is InChI=1S/C12H20O6S/c1-3-18-12(15)10(11(13)14)8-5-4-6-9(7-8)19(2,16)17/h8-10H,3-7H2,1-2H3,(H,13,14). The van der Waals surface area contributed by atoms with Gasteiger partial charge < -0.3 is 9.84 Å². The molecule has 3 unspecified atom stereocenters. The Bertz CT molecular complexity index is 441. The Labute approximate surface area is 113 Å². The van der Waals surface area contributed by atoms with Gasteiger partial charge in [0.15, 0.2) is 5.92 Å². The average molecular weight is 292 g/mol. The molecule has 0 aromatic carbocycles. The fraction of sp³-hybridized carbons (Fsp3) is 0.833. The number of carboxylic acids is 1. The summed E-state index contributed by atoms with van der Waals surface area (Å²) in [6.07, 6.45) is 3.06. The minimum atomic E-state index is -3.20. The number of carbonyl (C=O) groups is 2. The molecule has 1 aliphatic carbocycles. The highest BCUT2D eigenvalue weighted by Crippen LogP contribution is 2.34. The molecule has 0 aromatic heterocycles. The molecule has 1 N–H and O–H groups in total. The number of hydrogen-bond donors (Lipinski definition) is 1. The van der Waals surface area contributed by atoms with Crippen molar-refractivity contribution in [1.29, 1.82) is 0 Å². The zero-order valence-electron chi connectivity index (χ0n) is 11.2. The van der Waals surface area contributed by atoms with E-state index in [9.17, 15) is 18.0 Å². The van der Waals surface area contributed by atoms with Crippen LogP contribution < -0.4 is 0 Å². The molecule has 1 saturated carbocycles. The Morgan fingerprint density at radius 2 is 2.00 bits per heavy atom. The van der Waals surface area contributed by atoms with E-state index in [1.165, 1.54) is 0 Å². The topological polar surface area (TPSA) is 97.7 Å². The van der Waals surface area contributed by atoms with E-state index in [4.69, 9.17) is 9.84 Å². The molecule has 1 rings (SSSR count). The van der Waals surface area contributed by atoms with Gasteiger partial charge in [0.25, 0.3) is 0 Å². The number of rotatable bonds is 5. The summed E-state index contributed by atoms with van der Waals surface area (Å²) in [5, 5.41) is 8.61. The number of sulfone groups is 1. The summed E-state index contributed by atoms with van der Waals surface area (Å²) in [6, 6.07) is 0. The number of hydrogen-bond acceptors (Lipinski definition) is 5. The molecule has 6 nitrogen and oxygen atoms in total. The Hall–Kier alpha value is -1.11. The van der Waals surface area contributed by atoms with E-state index in [2.05, 4.69) is 0 Å². The molecule has 0 aliphatic heterocycles. The van der Waals surface area contributed by atoms with E-state index in [0.717, 1.165) is 6.26 Å². The molecule has 0 aromatic rings. The van der Waals surface area contributed by atoms with Crippen LogP contribution in [0.15, 0.2) is 0 Å². The number of esters is 1. The fourth-order valence-corrected chi connectivity index (χ4v) is 3.79. The van der Waals surface area contributed by atoms with Gasteiger partial charge >= 0.3 is 11.9 Å². The highest BCUT2D eigenvalue weighted by atomic mass is 32.2. The van der Waals surface area contributed by atoms with E-state index >= 15 is 0 Å². The fourth-order valence-electron chi connectivity index (χ4n) is 2.60. The van der Waals surface area contributed by atoms with Gasteiger partial charge in [-0.1, -0.05) is 6.42 Å². The lowest BCUT2D eigenvalue weighted by Crippen LogP contribution is -2.38. The number of carboxylic acid groups (broad SMARTS) is 1. The van der Waals surface area contributed by atoms with Gasteiger partial charge in [-0.05, 0) is 32.1 Å². The third kappa shape index (κ3) is 4.19. The van der Waals surface area contributed by atoms with Gasteiger partial charge in [0.1, 0.15) is 9.84 Å². The molecule has 0 saturated heterocycles. The molecule has 110 valence electrons. The summed E-state index contributed by atoms with van der Waals surface area (Å²) in [5.41, 5.74) is 0. The third-order valence-electron chi connectivity index (χ3n) is 3.55. The number of ether oxygens (including phenoxy) is 1. The Kier molecular flexibility index (Phi) is 5.34. The molecule has 0 heterocycles. The van der Waals surface area contributed by atoms with E-state index in [0.29, 0.717) is 19.3 Å². The van der Waals surface area contributed by atoms with Crippen molar-refractivity contribution in [3.63, 3.8) is 0 Å². The van der Waals surface area contributed by atoms with Crippen LogP contribution in [0.5, 0.6) is 0 Å². The van der Waals surface area contributed by atoms with Gasteiger partial charge in [-0.2, -0.15) is 0 Å². The zero-order chi connectivity index (χ0) is 14.6. The van der Waals surface area contributed by atoms with Crippen LogP contribution in [-0.2, 0) is 24.2 Å². The molecule has 7 heteroatoms. The first-order valence-corrected chi connectivity index (χ1v) is 8.31. The molecule has 1 fully saturated rings. The van der Waals surface area contributed by atoms with Crippen LogP contribution in [0.2, 0.25) is 0 Å². The summed E-state index contributed by atoms with van der Waals surface area (Å²) in [7, 11) is -3.20.